The van der Waals surface area contributed by atoms with Crippen molar-refractivity contribution in [1.29, 1.82) is 0 Å². The normalized spacial score (nSPS) is 11.0. The average molecular weight is 237 g/mol. The standard InChI is InChI=1S/C15H15N3/c1-11-6-8-12(9-7-11)18-14-5-3-2-4-13(14)17-15(18)10-16/h2-9H,10,16H2,1H3. The Hall–Kier alpha value is -2.13. The van der Waals surface area contributed by atoms with Crippen molar-refractivity contribution < 1.29 is 0 Å². The van der Waals surface area contributed by atoms with Crippen LogP contribution in [0.1, 0.15) is 11.4 Å². The number of rotatable bonds is 2. The predicted molar refractivity (Wildman–Crippen MR) is 73.7 cm³/mol. The zero-order chi connectivity index (χ0) is 12.5. The van der Waals surface area contributed by atoms with Gasteiger partial charge in [-0.3, -0.25) is 4.57 Å². The number of hydrogen-bond donors (Lipinski definition) is 1. The molecule has 0 spiro atoms. The molecule has 0 amide bonds. The Morgan fingerprint density at radius 1 is 1.06 bits per heavy atom. The van der Waals surface area contributed by atoms with E-state index in [1.165, 1.54) is 5.56 Å². The number of benzene rings is 2. The fourth-order valence-electron chi connectivity index (χ4n) is 2.19. The van der Waals surface area contributed by atoms with Crippen molar-refractivity contribution in [2.24, 2.45) is 5.73 Å². The molecular weight excluding hydrogens is 222 g/mol. The fourth-order valence-corrected chi connectivity index (χ4v) is 2.19. The van der Waals surface area contributed by atoms with E-state index in [2.05, 4.69) is 46.8 Å². The van der Waals surface area contributed by atoms with Crippen molar-refractivity contribution >= 4 is 11.0 Å². The number of aryl methyl sites for hydroxylation is 1. The largest absolute Gasteiger partial charge is 0.324 e. The maximum atomic E-state index is 5.80. The van der Waals surface area contributed by atoms with E-state index in [4.69, 9.17) is 5.73 Å². The number of nitrogens with zero attached hydrogens (tertiary/aromatic N) is 2. The van der Waals surface area contributed by atoms with Crippen LogP contribution in [0.2, 0.25) is 0 Å². The van der Waals surface area contributed by atoms with Gasteiger partial charge in [-0.25, -0.2) is 4.98 Å². The molecule has 0 radical (unpaired) electrons. The Morgan fingerprint density at radius 3 is 2.50 bits per heavy atom. The van der Waals surface area contributed by atoms with Gasteiger partial charge in [-0.2, -0.15) is 0 Å². The van der Waals surface area contributed by atoms with Crippen LogP contribution in [-0.4, -0.2) is 9.55 Å². The molecule has 0 aliphatic heterocycles. The van der Waals surface area contributed by atoms with Crippen molar-refractivity contribution in [3.8, 4) is 5.69 Å². The molecule has 1 aromatic heterocycles. The third-order valence-corrected chi connectivity index (χ3v) is 3.11. The Balaban J connectivity index is 2.29. The average Bonchev–Trinajstić information content (AvgIpc) is 2.78. The summed E-state index contributed by atoms with van der Waals surface area (Å²) < 4.78 is 2.12. The van der Waals surface area contributed by atoms with Crippen LogP contribution in [0.5, 0.6) is 0 Å². The summed E-state index contributed by atoms with van der Waals surface area (Å²) in [5.41, 5.74) is 10.2. The lowest BCUT2D eigenvalue weighted by Gasteiger charge is -2.08. The Morgan fingerprint density at radius 2 is 1.78 bits per heavy atom. The van der Waals surface area contributed by atoms with Crippen molar-refractivity contribution in [2.45, 2.75) is 13.5 Å². The first-order valence-electron chi connectivity index (χ1n) is 6.03. The second kappa shape index (κ2) is 4.27. The van der Waals surface area contributed by atoms with Crippen LogP contribution in [0.3, 0.4) is 0 Å². The highest BCUT2D eigenvalue weighted by Crippen LogP contribution is 2.21. The maximum absolute atomic E-state index is 5.80. The molecule has 0 saturated carbocycles. The van der Waals surface area contributed by atoms with Crippen molar-refractivity contribution in [2.75, 3.05) is 0 Å². The summed E-state index contributed by atoms with van der Waals surface area (Å²) in [4.78, 5) is 4.57. The number of hydrogen-bond acceptors (Lipinski definition) is 2. The van der Waals surface area contributed by atoms with Crippen LogP contribution in [-0.2, 0) is 6.54 Å². The van der Waals surface area contributed by atoms with E-state index in [0.717, 1.165) is 22.5 Å². The van der Waals surface area contributed by atoms with Gasteiger partial charge < -0.3 is 5.73 Å². The number of para-hydroxylation sites is 2. The highest BCUT2D eigenvalue weighted by Gasteiger charge is 2.10. The third kappa shape index (κ3) is 1.69. The predicted octanol–water partition coefficient (Wildman–Crippen LogP) is 2.79. The van der Waals surface area contributed by atoms with E-state index in [1.54, 1.807) is 0 Å². The zero-order valence-electron chi connectivity index (χ0n) is 10.3. The van der Waals surface area contributed by atoms with Gasteiger partial charge in [0.15, 0.2) is 0 Å². The Bertz CT molecular complexity index is 681. The van der Waals surface area contributed by atoms with Gasteiger partial charge in [0.2, 0.25) is 0 Å². The van der Waals surface area contributed by atoms with E-state index in [0.29, 0.717) is 6.54 Å². The number of aromatic nitrogens is 2. The van der Waals surface area contributed by atoms with Crippen molar-refractivity contribution in [3.63, 3.8) is 0 Å². The Labute approximate surface area is 106 Å². The van der Waals surface area contributed by atoms with Gasteiger partial charge in [0, 0.05) is 5.69 Å². The molecule has 2 N–H and O–H groups in total. The van der Waals surface area contributed by atoms with Gasteiger partial charge in [0.25, 0.3) is 0 Å². The van der Waals surface area contributed by atoms with E-state index in [1.807, 2.05) is 18.2 Å². The van der Waals surface area contributed by atoms with Crippen LogP contribution >= 0.6 is 0 Å². The number of nitrogens with two attached hydrogens (primary N) is 1. The van der Waals surface area contributed by atoms with Gasteiger partial charge in [-0.05, 0) is 31.2 Å². The van der Waals surface area contributed by atoms with Gasteiger partial charge in [0.1, 0.15) is 5.82 Å². The molecule has 0 aliphatic rings. The summed E-state index contributed by atoms with van der Waals surface area (Å²) in [7, 11) is 0. The van der Waals surface area contributed by atoms with Gasteiger partial charge in [0.05, 0.1) is 17.6 Å². The molecule has 3 aromatic rings. The molecule has 2 aromatic carbocycles. The van der Waals surface area contributed by atoms with E-state index in [-0.39, 0.29) is 0 Å². The number of fused-ring (bicyclic) bond motifs is 1. The zero-order valence-corrected chi connectivity index (χ0v) is 10.3. The monoisotopic (exact) mass is 237 g/mol. The fraction of sp³-hybridized carbons (Fsp3) is 0.133. The molecule has 18 heavy (non-hydrogen) atoms. The van der Waals surface area contributed by atoms with E-state index < -0.39 is 0 Å². The molecule has 0 saturated heterocycles. The Kier molecular flexibility index (Phi) is 2.61. The van der Waals surface area contributed by atoms with Crippen molar-refractivity contribution in [3.05, 3.63) is 59.9 Å². The lowest BCUT2D eigenvalue weighted by molar-refractivity contribution is 0.882. The lowest BCUT2D eigenvalue weighted by Crippen LogP contribution is -2.06. The highest BCUT2D eigenvalue weighted by molar-refractivity contribution is 5.78. The highest BCUT2D eigenvalue weighted by atomic mass is 15.1. The minimum atomic E-state index is 0.433. The molecular formula is C15H15N3. The summed E-state index contributed by atoms with van der Waals surface area (Å²) in [5.74, 6) is 0.889. The number of imidazole rings is 1. The first kappa shape index (κ1) is 11.0. The molecule has 1 heterocycles. The molecule has 3 rings (SSSR count). The molecule has 0 unspecified atom stereocenters. The van der Waals surface area contributed by atoms with Crippen LogP contribution in [0.25, 0.3) is 16.7 Å². The molecule has 90 valence electrons. The maximum Gasteiger partial charge on any atom is 0.128 e. The van der Waals surface area contributed by atoms with E-state index >= 15 is 0 Å². The summed E-state index contributed by atoms with van der Waals surface area (Å²) in [6.07, 6.45) is 0. The minimum Gasteiger partial charge on any atom is -0.324 e. The molecule has 3 nitrogen and oxygen atoms in total. The van der Waals surface area contributed by atoms with Crippen LogP contribution < -0.4 is 5.73 Å². The van der Waals surface area contributed by atoms with Crippen LogP contribution in [0.4, 0.5) is 0 Å². The summed E-state index contributed by atoms with van der Waals surface area (Å²) in [6, 6.07) is 16.5. The SMILES string of the molecule is Cc1ccc(-n2c(CN)nc3ccccc32)cc1. The smallest absolute Gasteiger partial charge is 0.128 e. The lowest BCUT2D eigenvalue weighted by atomic mass is 10.2. The second-order valence-electron chi connectivity index (χ2n) is 4.39. The minimum absolute atomic E-state index is 0.433. The van der Waals surface area contributed by atoms with Crippen molar-refractivity contribution in [1.82, 2.24) is 9.55 Å². The summed E-state index contributed by atoms with van der Waals surface area (Å²) >= 11 is 0. The molecule has 0 bridgehead atoms. The molecule has 0 atom stereocenters. The molecule has 3 heteroatoms. The van der Waals surface area contributed by atoms with Crippen LogP contribution in [0, 0.1) is 6.92 Å². The first-order valence-corrected chi connectivity index (χ1v) is 6.03. The van der Waals surface area contributed by atoms with Gasteiger partial charge >= 0.3 is 0 Å². The van der Waals surface area contributed by atoms with Crippen LogP contribution in [0.15, 0.2) is 48.5 Å². The van der Waals surface area contributed by atoms with E-state index in [9.17, 15) is 0 Å². The topological polar surface area (TPSA) is 43.8 Å². The summed E-state index contributed by atoms with van der Waals surface area (Å²) in [5, 5.41) is 0. The molecule has 0 fully saturated rings. The summed E-state index contributed by atoms with van der Waals surface area (Å²) in [6.45, 7) is 2.52. The quantitative estimate of drug-likeness (QED) is 0.744. The molecule has 0 aliphatic carbocycles. The second-order valence-corrected chi connectivity index (χ2v) is 4.39. The first-order chi connectivity index (χ1) is 8.79. The van der Waals surface area contributed by atoms with Gasteiger partial charge in [-0.1, -0.05) is 29.8 Å². The van der Waals surface area contributed by atoms with Gasteiger partial charge in [-0.15, -0.1) is 0 Å². The third-order valence-electron chi connectivity index (χ3n) is 3.11.